The summed E-state index contributed by atoms with van der Waals surface area (Å²) in [6.45, 7) is 2.44. The van der Waals surface area contributed by atoms with Crippen molar-refractivity contribution in [3.8, 4) is 11.5 Å². The van der Waals surface area contributed by atoms with Gasteiger partial charge in [-0.1, -0.05) is 37.6 Å². The summed E-state index contributed by atoms with van der Waals surface area (Å²) in [5.74, 6) is -0.933. The Kier molecular flexibility index (Phi) is 6.14. The number of nitrogens with zero attached hydrogens (tertiary/aromatic N) is 2. The maximum atomic E-state index is 13.3. The van der Waals surface area contributed by atoms with Gasteiger partial charge >= 0.3 is 0 Å². The number of aliphatic hydroxyl groups is 1. The van der Waals surface area contributed by atoms with Crippen molar-refractivity contribution in [3.05, 3.63) is 65.4 Å². The number of aliphatic hydroxyl groups excluding tert-OH is 1. The van der Waals surface area contributed by atoms with Crippen LogP contribution in [0.1, 0.15) is 36.9 Å². The van der Waals surface area contributed by atoms with Gasteiger partial charge in [0.25, 0.3) is 11.7 Å². The van der Waals surface area contributed by atoms with E-state index in [0.29, 0.717) is 18.0 Å². The third kappa shape index (κ3) is 3.63. The van der Waals surface area contributed by atoms with E-state index in [1.165, 1.54) is 14.2 Å². The number of fused-ring (bicyclic) bond motifs is 1. The van der Waals surface area contributed by atoms with Crippen LogP contribution in [-0.2, 0) is 16.6 Å². The maximum Gasteiger partial charge on any atom is 0.295 e. The number of aromatic nitrogens is 1. The molecule has 0 spiro atoms. The zero-order chi connectivity index (χ0) is 23.7. The minimum absolute atomic E-state index is 0.0373. The van der Waals surface area contributed by atoms with Gasteiger partial charge < -0.3 is 24.0 Å². The molecule has 3 aromatic rings. The summed E-state index contributed by atoms with van der Waals surface area (Å²) < 4.78 is 12.9. The highest BCUT2D eigenvalue weighted by molar-refractivity contribution is 6.46. The van der Waals surface area contributed by atoms with Gasteiger partial charge in [-0.15, -0.1) is 0 Å². The normalized spacial score (nSPS) is 17.7. The van der Waals surface area contributed by atoms with Crippen molar-refractivity contribution in [2.45, 2.75) is 25.8 Å². The third-order valence-electron chi connectivity index (χ3n) is 6.18. The van der Waals surface area contributed by atoms with E-state index in [1.807, 2.05) is 49.0 Å². The van der Waals surface area contributed by atoms with Crippen molar-refractivity contribution in [2.24, 2.45) is 7.05 Å². The number of methoxy groups -OCH3 is 2. The second kappa shape index (κ2) is 9.02. The summed E-state index contributed by atoms with van der Waals surface area (Å²) in [4.78, 5) is 28.0. The number of hydrogen-bond acceptors (Lipinski definition) is 5. The summed E-state index contributed by atoms with van der Waals surface area (Å²) in [6.07, 6.45) is 3.53. The van der Waals surface area contributed by atoms with Crippen LogP contribution in [0.15, 0.2) is 54.2 Å². The fourth-order valence-electron chi connectivity index (χ4n) is 4.57. The van der Waals surface area contributed by atoms with Gasteiger partial charge in [-0.25, -0.2) is 0 Å². The van der Waals surface area contributed by atoms with Crippen LogP contribution in [0.25, 0.3) is 16.7 Å². The average Bonchev–Trinajstić information content (AvgIpc) is 3.30. The summed E-state index contributed by atoms with van der Waals surface area (Å²) in [6, 6.07) is 12.2. The fraction of sp³-hybridized carbons (Fsp3) is 0.308. The average molecular weight is 449 g/mol. The van der Waals surface area contributed by atoms with Crippen molar-refractivity contribution in [2.75, 3.05) is 20.8 Å². The molecule has 0 aliphatic carbocycles. The first kappa shape index (κ1) is 22.5. The van der Waals surface area contributed by atoms with Gasteiger partial charge in [0.15, 0.2) is 0 Å². The van der Waals surface area contributed by atoms with E-state index in [4.69, 9.17) is 9.47 Å². The zero-order valence-corrected chi connectivity index (χ0v) is 19.3. The van der Waals surface area contributed by atoms with E-state index >= 15 is 0 Å². The molecule has 1 N–H and O–H groups in total. The minimum Gasteiger partial charge on any atom is -0.506 e. The molecule has 0 bridgehead atoms. The lowest BCUT2D eigenvalue weighted by atomic mass is 9.94. The molecule has 7 heteroatoms. The molecule has 1 saturated heterocycles. The Morgan fingerprint density at radius 2 is 1.70 bits per heavy atom. The molecule has 2 heterocycles. The van der Waals surface area contributed by atoms with Crippen molar-refractivity contribution < 1.29 is 24.2 Å². The molecular weight excluding hydrogens is 420 g/mol. The monoisotopic (exact) mass is 448 g/mol. The number of ketones is 1. The molecule has 1 atom stereocenters. The van der Waals surface area contributed by atoms with Gasteiger partial charge in [-0.2, -0.15) is 0 Å². The standard InChI is InChI=1S/C26H28N2O5/c1-5-6-14-28-23(17-15-27(2)18-11-8-7-10-16(17)18)22(25(30)26(28)31)24(29)21-19(32-3)12-9-13-20(21)33-4/h7-13,15,23,29H,5-6,14H2,1-4H3/b24-22+. The number of Topliss-reactive ketones (excluding diaryl/α,β-unsaturated/α-hetero) is 1. The van der Waals surface area contributed by atoms with Crippen LogP contribution in [0.3, 0.4) is 0 Å². The molecule has 1 fully saturated rings. The second-order valence-corrected chi connectivity index (χ2v) is 8.10. The van der Waals surface area contributed by atoms with Crippen LogP contribution >= 0.6 is 0 Å². The Morgan fingerprint density at radius 3 is 2.33 bits per heavy atom. The Labute approximate surface area is 192 Å². The topological polar surface area (TPSA) is 81.0 Å². The van der Waals surface area contributed by atoms with Crippen molar-refractivity contribution in [1.29, 1.82) is 0 Å². The third-order valence-corrected chi connectivity index (χ3v) is 6.18. The first-order chi connectivity index (χ1) is 15.9. The van der Waals surface area contributed by atoms with Crippen LogP contribution in [0, 0.1) is 0 Å². The predicted molar refractivity (Wildman–Crippen MR) is 126 cm³/mol. The van der Waals surface area contributed by atoms with Crippen LogP contribution in [0.2, 0.25) is 0 Å². The van der Waals surface area contributed by atoms with Gasteiger partial charge in [0.2, 0.25) is 0 Å². The van der Waals surface area contributed by atoms with Gasteiger partial charge in [-0.3, -0.25) is 9.59 Å². The number of benzene rings is 2. The van der Waals surface area contributed by atoms with E-state index in [0.717, 1.165) is 29.3 Å². The minimum atomic E-state index is -0.725. The molecular formula is C26H28N2O5. The number of ether oxygens (including phenoxy) is 2. The number of amides is 1. The Balaban J connectivity index is 2.02. The van der Waals surface area contributed by atoms with E-state index in [9.17, 15) is 14.7 Å². The molecule has 1 amide bonds. The summed E-state index contributed by atoms with van der Waals surface area (Å²) in [5, 5.41) is 12.4. The van der Waals surface area contributed by atoms with Crippen molar-refractivity contribution >= 4 is 28.4 Å². The molecule has 1 aromatic heterocycles. The SMILES string of the molecule is CCCCN1C(=O)C(=O)/C(=C(/O)c2c(OC)cccc2OC)C1c1cn(C)c2ccccc12. The zero-order valence-electron chi connectivity index (χ0n) is 19.3. The maximum absolute atomic E-state index is 13.3. The molecule has 0 saturated carbocycles. The molecule has 4 rings (SSSR count). The summed E-state index contributed by atoms with van der Waals surface area (Å²) in [5.41, 5.74) is 2.05. The van der Waals surface area contributed by atoms with E-state index < -0.39 is 17.7 Å². The molecule has 1 aliphatic rings. The summed E-state index contributed by atoms with van der Waals surface area (Å²) >= 11 is 0. The Morgan fingerprint density at radius 1 is 1.03 bits per heavy atom. The largest absolute Gasteiger partial charge is 0.506 e. The predicted octanol–water partition coefficient (Wildman–Crippen LogP) is 4.42. The molecule has 1 aliphatic heterocycles. The lowest BCUT2D eigenvalue weighted by molar-refractivity contribution is -0.139. The molecule has 1 unspecified atom stereocenters. The van der Waals surface area contributed by atoms with Crippen LogP contribution < -0.4 is 9.47 Å². The highest BCUT2D eigenvalue weighted by atomic mass is 16.5. The number of para-hydroxylation sites is 1. The van der Waals surface area contributed by atoms with Gasteiger partial charge in [-0.05, 0) is 24.6 Å². The van der Waals surface area contributed by atoms with Crippen LogP contribution in [0.4, 0.5) is 0 Å². The molecule has 7 nitrogen and oxygen atoms in total. The molecule has 172 valence electrons. The highest BCUT2D eigenvalue weighted by Crippen LogP contribution is 2.45. The van der Waals surface area contributed by atoms with Crippen LogP contribution in [-0.4, -0.2) is 47.0 Å². The summed E-state index contributed by atoms with van der Waals surface area (Å²) in [7, 11) is 4.88. The van der Waals surface area contributed by atoms with E-state index in [1.54, 1.807) is 23.1 Å². The lowest BCUT2D eigenvalue weighted by Crippen LogP contribution is -2.30. The number of aryl methyl sites for hydroxylation is 1. The van der Waals surface area contributed by atoms with Crippen molar-refractivity contribution in [3.63, 3.8) is 0 Å². The highest BCUT2D eigenvalue weighted by Gasteiger charge is 2.47. The molecule has 0 radical (unpaired) electrons. The Hall–Kier alpha value is -3.74. The molecule has 33 heavy (non-hydrogen) atoms. The number of hydrogen-bond donors (Lipinski definition) is 1. The number of carbonyl (C=O) groups is 2. The van der Waals surface area contributed by atoms with Gasteiger partial charge in [0, 0.05) is 36.3 Å². The van der Waals surface area contributed by atoms with Crippen molar-refractivity contribution in [1.82, 2.24) is 9.47 Å². The van der Waals surface area contributed by atoms with Gasteiger partial charge in [0.05, 0.1) is 25.8 Å². The number of rotatable bonds is 7. The van der Waals surface area contributed by atoms with Gasteiger partial charge in [0.1, 0.15) is 22.8 Å². The van der Waals surface area contributed by atoms with E-state index in [2.05, 4.69) is 0 Å². The first-order valence-corrected chi connectivity index (χ1v) is 11.0. The Bertz CT molecular complexity index is 1230. The van der Waals surface area contributed by atoms with Crippen LogP contribution in [0.5, 0.6) is 11.5 Å². The number of likely N-dealkylation sites (tertiary alicyclic amines) is 1. The lowest BCUT2D eigenvalue weighted by Gasteiger charge is -2.25. The first-order valence-electron chi connectivity index (χ1n) is 11.0. The smallest absolute Gasteiger partial charge is 0.295 e. The molecule has 2 aromatic carbocycles. The second-order valence-electron chi connectivity index (χ2n) is 8.10. The number of unbranched alkanes of at least 4 members (excludes halogenated alkanes) is 1. The fourth-order valence-corrected chi connectivity index (χ4v) is 4.57. The number of carbonyl (C=O) groups excluding carboxylic acids is 2. The quantitative estimate of drug-likeness (QED) is 0.329. The van der Waals surface area contributed by atoms with E-state index in [-0.39, 0.29) is 16.9 Å².